The average Bonchev–Trinajstić information content (AvgIpc) is 2.82. The van der Waals surface area contributed by atoms with Crippen molar-refractivity contribution < 1.29 is 0 Å². The molecule has 0 unspecified atom stereocenters. The Bertz CT molecular complexity index is 473. The maximum Gasteiger partial charge on any atom is 0.202 e. The number of anilines is 1. The molecule has 2 aromatic heterocycles. The summed E-state index contributed by atoms with van der Waals surface area (Å²) in [6, 6.07) is 0. The SMILES string of the molecule is CCc1nsc(NCc2cn(C)nc2C)n1. The molecule has 0 fully saturated rings. The monoisotopic (exact) mass is 237 g/mol. The lowest BCUT2D eigenvalue weighted by Gasteiger charge is -1.99. The number of hydrogen-bond acceptors (Lipinski definition) is 5. The van der Waals surface area contributed by atoms with Crippen molar-refractivity contribution in [2.24, 2.45) is 7.05 Å². The highest BCUT2D eigenvalue weighted by molar-refractivity contribution is 7.09. The van der Waals surface area contributed by atoms with Crippen LogP contribution in [0.25, 0.3) is 0 Å². The third-order valence-corrected chi connectivity index (χ3v) is 3.04. The van der Waals surface area contributed by atoms with Gasteiger partial charge in [0.15, 0.2) is 0 Å². The molecule has 0 saturated heterocycles. The van der Waals surface area contributed by atoms with Gasteiger partial charge in [-0.25, -0.2) is 4.98 Å². The van der Waals surface area contributed by atoms with Crippen LogP contribution in [0.4, 0.5) is 5.13 Å². The molecule has 5 nitrogen and oxygen atoms in total. The van der Waals surface area contributed by atoms with Crippen molar-refractivity contribution >= 4 is 16.7 Å². The first-order valence-electron chi connectivity index (χ1n) is 5.24. The van der Waals surface area contributed by atoms with E-state index in [1.807, 2.05) is 24.9 Å². The normalized spacial score (nSPS) is 10.7. The van der Waals surface area contributed by atoms with Crippen LogP contribution in [0.1, 0.15) is 24.0 Å². The lowest BCUT2D eigenvalue weighted by molar-refractivity contribution is 0.756. The minimum Gasteiger partial charge on any atom is -0.356 e. The van der Waals surface area contributed by atoms with E-state index in [2.05, 4.69) is 26.7 Å². The molecule has 1 N–H and O–H groups in total. The Kier molecular flexibility index (Phi) is 3.19. The Morgan fingerprint density at radius 1 is 1.50 bits per heavy atom. The van der Waals surface area contributed by atoms with Crippen molar-refractivity contribution in [1.29, 1.82) is 0 Å². The fourth-order valence-corrected chi connectivity index (χ4v) is 2.11. The Labute approximate surface area is 98.7 Å². The fraction of sp³-hybridized carbons (Fsp3) is 0.500. The van der Waals surface area contributed by atoms with Crippen LogP contribution in [0, 0.1) is 6.92 Å². The third-order valence-electron chi connectivity index (χ3n) is 2.33. The van der Waals surface area contributed by atoms with Crippen LogP contribution in [0.3, 0.4) is 0 Å². The first-order chi connectivity index (χ1) is 7.69. The summed E-state index contributed by atoms with van der Waals surface area (Å²) < 4.78 is 6.05. The van der Waals surface area contributed by atoms with E-state index in [4.69, 9.17) is 0 Å². The van der Waals surface area contributed by atoms with Gasteiger partial charge in [-0.05, 0) is 6.92 Å². The molecule has 16 heavy (non-hydrogen) atoms. The zero-order valence-electron chi connectivity index (χ0n) is 9.69. The summed E-state index contributed by atoms with van der Waals surface area (Å²) in [5.74, 6) is 0.899. The van der Waals surface area contributed by atoms with Crippen molar-refractivity contribution in [1.82, 2.24) is 19.1 Å². The van der Waals surface area contributed by atoms with Gasteiger partial charge in [0.25, 0.3) is 0 Å². The zero-order chi connectivity index (χ0) is 11.5. The molecule has 0 aliphatic carbocycles. The quantitative estimate of drug-likeness (QED) is 0.880. The van der Waals surface area contributed by atoms with Crippen LogP contribution in [0.2, 0.25) is 0 Å². The number of rotatable bonds is 4. The lowest BCUT2D eigenvalue weighted by Crippen LogP contribution is -1.99. The average molecular weight is 237 g/mol. The second-order valence-electron chi connectivity index (χ2n) is 3.64. The Balaban J connectivity index is 1.99. The van der Waals surface area contributed by atoms with Gasteiger partial charge in [-0.2, -0.15) is 9.47 Å². The molecule has 0 atom stereocenters. The summed E-state index contributed by atoms with van der Waals surface area (Å²) in [4.78, 5) is 4.35. The van der Waals surface area contributed by atoms with Gasteiger partial charge in [-0.1, -0.05) is 6.92 Å². The molecule has 0 saturated carbocycles. The second-order valence-corrected chi connectivity index (χ2v) is 4.39. The van der Waals surface area contributed by atoms with Gasteiger partial charge in [0.05, 0.1) is 5.69 Å². The van der Waals surface area contributed by atoms with Crippen molar-refractivity contribution in [2.75, 3.05) is 5.32 Å². The van der Waals surface area contributed by atoms with Crippen molar-refractivity contribution in [3.8, 4) is 0 Å². The first kappa shape index (κ1) is 11.1. The van der Waals surface area contributed by atoms with Gasteiger partial charge >= 0.3 is 0 Å². The Morgan fingerprint density at radius 3 is 2.88 bits per heavy atom. The summed E-state index contributed by atoms with van der Waals surface area (Å²) in [6.07, 6.45) is 2.90. The summed E-state index contributed by atoms with van der Waals surface area (Å²) in [5.41, 5.74) is 2.24. The van der Waals surface area contributed by atoms with E-state index >= 15 is 0 Å². The number of hydrogen-bond donors (Lipinski definition) is 1. The number of aromatic nitrogens is 4. The van der Waals surface area contributed by atoms with Gasteiger partial charge in [-0.15, -0.1) is 0 Å². The summed E-state index contributed by atoms with van der Waals surface area (Å²) in [7, 11) is 1.93. The highest BCUT2D eigenvalue weighted by Crippen LogP contribution is 2.13. The van der Waals surface area contributed by atoms with E-state index in [1.54, 1.807) is 0 Å². The van der Waals surface area contributed by atoms with Gasteiger partial charge in [0, 0.05) is 43.3 Å². The fourth-order valence-electron chi connectivity index (χ4n) is 1.46. The number of aryl methyl sites for hydroxylation is 3. The molecule has 0 spiro atoms. The second kappa shape index (κ2) is 4.61. The van der Waals surface area contributed by atoms with Crippen molar-refractivity contribution in [2.45, 2.75) is 26.8 Å². The van der Waals surface area contributed by atoms with Gasteiger partial charge < -0.3 is 5.32 Å². The standard InChI is InChI=1S/C10H15N5S/c1-4-9-12-10(16-14-9)11-5-8-6-15(3)13-7(8)2/h6H,4-5H2,1-3H3,(H,11,12,14). The highest BCUT2D eigenvalue weighted by Gasteiger charge is 2.05. The van der Waals surface area contributed by atoms with Crippen LogP contribution in [-0.4, -0.2) is 19.1 Å². The molecule has 0 amide bonds. The Hall–Kier alpha value is -1.43. The van der Waals surface area contributed by atoms with Gasteiger partial charge in [-0.3, -0.25) is 4.68 Å². The van der Waals surface area contributed by atoms with Crippen molar-refractivity contribution in [3.63, 3.8) is 0 Å². The summed E-state index contributed by atoms with van der Waals surface area (Å²) in [6.45, 7) is 4.81. The van der Waals surface area contributed by atoms with E-state index in [0.717, 1.165) is 29.6 Å². The molecule has 2 rings (SSSR count). The van der Waals surface area contributed by atoms with Gasteiger partial charge in [0.1, 0.15) is 5.82 Å². The van der Waals surface area contributed by atoms with Crippen LogP contribution >= 0.6 is 11.5 Å². The highest BCUT2D eigenvalue weighted by atomic mass is 32.1. The van der Waals surface area contributed by atoms with E-state index in [1.165, 1.54) is 17.1 Å². The minimum absolute atomic E-state index is 0.748. The first-order valence-corrected chi connectivity index (χ1v) is 6.02. The van der Waals surface area contributed by atoms with Crippen LogP contribution < -0.4 is 5.32 Å². The number of nitrogens with one attached hydrogen (secondary N) is 1. The molecular weight excluding hydrogens is 222 g/mol. The molecule has 0 radical (unpaired) electrons. The van der Waals surface area contributed by atoms with Crippen LogP contribution in [-0.2, 0) is 20.0 Å². The van der Waals surface area contributed by atoms with Crippen molar-refractivity contribution in [3.05, 3.63) is 23.3 Å². The predicted octanol–water partition coefficient (Wildman–Crippen LogP) is 1.75. The van der Waals surface area contributed by atoms with E-state index < -0.39 is 0 Å². The Morgan fingerprint density at radius 2 is 2.31 bits per heavy atom. The molecule has 0 aromatic carbocycles. The predicted molar refractivity (Wildman–Crippen MR) is 64.6 cm³/mol. The zero-order valence-corrected chi connectivity index (χ0v) is 10.5. The molecule has 2 aromatic rings. The van der Waals surface area contributed by atoms with Crippen LogP contribution in [0.5, 0.6) is 0 Å². The third kappa shape index (κ3) is 2.38. The molecule has 0 aliphatic heterocycles. The van der Waals surface area contributed by atoms with E-state index in [9.17, 15) is 0 Å². The molecule has 86 valence electrons. The van der Waals surface area contributed by atoms with E-state index in [-0.39, 0.29) is 0 Å². The van der Waals surface area contributed by atoms with E-state index in [0.29, 0.717) is 0 Å². The minimum atomic E-state index is 0.748. The topological polar surface area (TPSA) is 55.6 Å². The molecular formula is C10H15N5S. The van der Waals surface area contributed by atoms with Crippen LogP contribution in [0.15, 0.2) is 6.20 Å². The molecule has 6 heteroatoms. The molecule has 0 bridgehead atoms. The van der Waals surface area contributed by atoms with Gasteiger partial charge in [0.2, 0.25) is 5.13 Å². The smallest absolute Gasteiger partial charge is 0.202 e. The summed E-state index contributed by atoms with van der Waals surface area (Å²) in [5, 5.41) is 8.43. The molecule has 2 heterocycles. The lowest BCUT2D eigenvalue weighted by atomic mass is 10.3. The number of nitrogens with zero attached hydrogens (tertiary/aromatic N) is 4. The maximum atomic E-state index is 4.35. The summed E-state index contributed by atoms with van der Waals surface area (Å²) >= 11 is 1.41. The maximum absolute atomic E-state index is 4.35. The largest absolute Gasteiger partial charge is 0.356 e. The molecule has 0 aliphatic rings.